The van der Waals surface area contributed by atoms with Crippen molar-refractivity contribution in [3.63, 3.8) is 0 Å². The van der Waals surface area contributed by atoms with Gasteiger partial charge in [0.2, 0.25) is 11.8 Å². The van der Waals surface area contributed by atoms with Crippen LogP contribution in [-0.4, -0.2) is 47.1 Å². The lowest BCUT2D eigenvalue weighted by molar-refractivity contribution is -0.138. The average Bonchev–Trinajstić information content (AvgIpc) is 2.75. The molecule has 5 nitrogen and oxygen atoms in total. The van der Waals surface area contributed by atoms with Gasteiger partial charge in [0.1, 0.15) is 6.04 Å². The molecule has 0 aromatic heterocycles. The van der Waals surface area contributed by atoms with E-state index in [0.717, 1.165) is 12.8 Å². The Bertz CT molecular complexity index is 318. The number of rotatable bonds is 7. The van der Waals surface area contributed by atoms with Gasteiger partial charge in [-0.25, -0.2) is 0 Å². The maximum absolute atomic E-state index is 12.2. The lowest BCUT2D eigenvalue weighted by Crippen LogP contribution is -2.51. The molecule has 1 rings (SSSR count). The molecule has 110 valence electrons. The van der Waals surface area contributed by atoms with Gasteiger partial charge in [-0.2, -0.15) is 0 Å². The van der Waals surface area contributed by atoms with E-state index in [0.29, 0.717) is 25.3 Å². The number of nitrogens with one attached hydrogen (secondary N) is 1. The van der Waals surface area contributed by atoms with E-state index in [1.54, 1.807) is 4.90 Å². The van der Waals surface area contributed by atoms with Crippen molar-refractivity contribution in [2.24, 2.45) is 5.92 Å². The number of nitrogens with zero attached hydrogens (tertiary/aromatic N) is 1. The first-order chi connectivity index (χ1) is 8.99. The molecule has 0 bridgehead atoms. The van der Waals surface area contributed by atoms with Gasteiger partial charge in [-0.1, -0.05) is 20.8 Å². The van der Waals surface area contributed by atoms with Crippen molar-refractivity contribution < 1.29 is 14.7 Å². The minimum atomic E-state index is -0.392. The monoisotopic (exact) mass is 270 g/mol. The molecule has 0 radical (unpaired) electrons. The molecule has 2 atom stereocenters. The van der Waals surface area contributed by atoms with Crippen LogP contribution >= 0.6 is 0 Å². The molecule has 1 heterocycles. The highest BCUT2D eigenvalue weighted by Gasteiger charge is 2.32. The van der Waals surface area contributed by atoms with E-state index in [2.05, 4.69) is 19.2 Å². The maximum atomic E-state index is 12.2. The van der Waals surface area contributed by atoms with Crippen molar-refractivity contribution >= 4 is 11.8 Å². The van der Waals surface area contributed by atoms with Crippen molar-refractivity contribution in [1.29, 1.82) is 0 Å². The SMILES string of the molecule is CCC(C(=O)NC(CO)CC(C)C)N1CCCC1=O. The van der Waals surface area contributed by atoms with Gasteiger partial charge in [-0.3, -0.25) is 9.59 Å². The van der Waals surface area contributed by atoms with Gasteiger partial charge >= 0.3 is 0 Å². The molecule has 1 fully saturated rings. The summed E-state index contributed by atoms with van der Waals surface area (Å²) >= 11 is 0. The first-order valence-corrected chi connectivity index (χ1v) is 7.20. The number of hydrogen-bond donors (Lipinski definition) is 2. The van der Waals surface area contributed by atoms with Crippen LogP contribution in [0, 0.1) is 5.92 Å². The normalized spacial score (nSPS) is 18.8. The Kier molecular flexibility index (Phi) is 6.28. The number of amides is 2. The summed E-state index contributed by atoms with van der Waals surface area (Å²) in [6.07, 6.45) is 2.72. The zero-order valence-electron chi connectivity index (χ0n) is 12.2. The summed E-state index contributed by atoms with van der Waals surface area (Å²) in [6, 6.07) is -0.615. The fourth-order valence-electron chi connectivity index (χ4n) is 2.59. The van der Waals surface area contributed by atoms with E-state index in [9.17, 15) is 14.7 Å². The molecule has 0 aliphatic carbocycles. The zero-order chi connectivity index (χ0) is 14.4. The van der Waals surface area contributed by atoms with Crippen molar-refractivity contribution in [3.05, 3.63) is 0 Å². The largest absolute Gasteiger partial charge is 0.394 e. The fourth-order valence-corrected chi connectivity index (χ4v) is 2.59. The molecular weight excluding hydrogens is 244 g/mol. The average molecular weight is 270 g/mol. The number of carbonyl (C=O) groups is 2. The van der Waals surface area contributed by atoms with Crippen molar-refractivity contribution in [2.75, 3.05) is 13.2 Å². The number of likely N-dealkylation sites (tertiary alicyclic amines) is 1. The van der Waals surface area contributed by atoms with E-state index in [1.165, 1.54) is 0 Å². The van der Waals surface area contributed by atoms with Crippen molar-refractivity contribution in [1.82, 2.24) is 10.2 Å². The summed E-state index contributed by atoms with van der Waals surface area (Å²) in [5.74, 6) is 0.329. The van der Waals surface area contributed by atoms with Gasteiger partial charge in [0, 0.05) is 13.0 Å². The van der Waals surface area contributed by atoms with Gasteiger partial charge in [0.05, 0.1) is 12.6 Å². The van der Waals surface area contributed by atoms with Crippen LogP contribution in [0.1, 0.15) is 46.5 Å². The number of carbonyl (C=O) groups excluding carboxylic acids is 2. The molecule has 1 aliphatic heterocycles. The summed E-state index contributed by atoms with van der Waals surface area (Å²) in [5, 5.41) is 12.2. The Morgan fingerprint density at radius 3 is 2.58 bits per heavy atom. The molecule has 19 heavy (non-hydrogen) atoms. The Morgan fingerprint density at radius 2 is 2.16 bits per heavy atom. The number of aliphatic hydroxyl groups excluding tert-OH is 1. The zero-order valence-corrected chi connectivity index (χ0v) is 12.2. The second kappa shape index (κ2) is 7.48. The van der Waals surface area contributed by atoms with Gasteiger partial charge in [0.15, 0.2) is 0 Å². The molecule has 2 N–H and O–H groups in total. The van der Waals surface area contributed by atoms with E-state index in [4.69, 9.17) is 0 Å². The Hall–Kier alpha value is -1.10. The Balaban J connectivity index is 2.60. The van der Waals surface area contributed by atoms with Gasteiger partial charge in [-0.05, 0) is 25.2 Å². The number of aliphatic hydroxyl groups is 1. The third kappa shape index (κ3) is 4.49. The van der Waals surface area contributed by atoms with E-state index in [1.807, 2.05) is 6.92 Å². The van der Waals surface area contributed by atoms with Crippen LogP contribution in [0.2, 0.25) is 0 Å². The van der Waals surface area contributed by atoms with Crippen LogP contribution in [0.4, 0.5) is 0 Å². The molecule has 0 spiro atoms. The second-order valence-corrected chi connectivity index (χ2v) is 5.63. The first-order valence-electron chi connectivity index (χ1n) is 7.20. The van der Waals surface area contributed by atoms with Gasteiger partial charge < -0.3 is 15.3 Å². The summed E-state index contributed by atoms with van der Waals surface area (Å²) in [4.78, 5) is 25.6. The van der Waals surface area contributed by atoms with Crippen LogP contribution in [-0.2, 0) is 9.59 Å². The second-order valence-electron chi connectivity index (χ2n) is 5.63. The molecule has 2 unspecified atom stereocenters. The Labute approximate surface area is 115 Å². The first kappa shape index (κ1) is 16.0. The molecular formula is C14H26N2O3. The lowest BCUT2D eigenvalue weighted by Gasteiger charge is -2.28. The quantitative estimate of drug-likeness (QED) is 0.722. The molecule has 1 saturated heterocycles. The summed E-state index contributed by atoms with van der Waals surface area (Å²) < 4.78 is 0. The third-order valence-corrected chi connectivity index (χ3v) is 3.50. The van der Waals surface area contributed by atoms with E-state index < -0.39 is 6.04 Å². The summed E-state index contributed by atoms with van der Waals surface area (Å²) in [7, 11) is 0. The standard InChI is InChI=1S/C14H26N2O3/c1-4-12(16-7-5-6-13(16)18)14(19)15-11(9-17)8-10(2)3/h10-12,17H,4-9H2,1-3H3,(H,15,19). The predicted octanol–water partition coefficient (Wildman–Crippen LogP) is 0.911. The van der Waals surface area contributed by atoms with Crippen LogP contribution in [0.25, 0.3) is 0 Å². The van der Waals surface area contributed by atoms with E-state index in [-0.39, 0.29) is 24.5 Å². The van der Waals surface area contributed by atoms with E-state index >= 15 is 0 Å². The molecule has 0 aromatic carbocycles. The van der Waals surface area contributed by atoms with Gasteiger partial charge in [0.25, 0.3) is 0 Å². The third-order valence-electron chi connectivity index (χ3n) is 3.50. The highest BCUT2D eigenvalue weighted by molar-refractivity contribution is 5.88. The molecule has 0 saturated carbocycles. The van der Waals surface area contributed by atoms with Crippen LogP contribution in [0.3, 0.4) is 0 Å². The Morgan fingerprint density at radius 1 is 1.47 bits per heavy atom. The summed E-state index contributed by atoms with van der Waals surface area (Å²) in [5.41, 5.74) is 0. The van der Waals surface area contributed by atoms with Crippen LogP contribution in [0.15, 0.2) is 0 Å². The van der Waals surface area contributed by atoms with Gasteiger partial charge in [-0.15, -0.1) is 0 Å². The topological polar surface area (TPSA) is 69.6 Å². The molecule has 0 aromatic rings. The van der Waals surface area contributed by atoms with Crippen LogP contribution < -0.4 is 5.32 Å². The highest BCUT2D eigenvalue weighted by atomic mass is 16.3. The summed E-state index contributed by atoms with van der Waals surface area (Å²) in [6.45, 7) is 6.62. The minimum Gasteiger partial charge on any atom is -0.394 e. The molecule has 1 aliphatic rings. The molecule has 2 amide bonds. The van der Waals surface area contributed by atoms with Crippen molar-refractivity contribution in [2.45, 2.75) is 58.5 Å². The highest BCUT2D eigenvalue weighted by Crippen LogP contribution is 2.16. The molecule has 5 heteroatoms. The predicted molar refractivity (Wildman–Crippen MR) is 73.5 cm³/mol. The number of hydrogen-bond acceptors (Lipinski definition) is 3. The lowest BCUT2D eigenvalue weighted by atomic mass is 10.0. The fraction of sp³-hybridized carbons (Fsp3) is 0.857. The minimum absolute atomic E-state index is 0.0612. The van der Waals surface area contributed by atoms with Crippen LogP contribution in [0.5, 0.6) is 0 Å². The smallest absolute Gasteiger partial charge is 0.243 e. The maximum Gasteiger partial charge on any atom is 0.243 e. The van der Waals surface area contributed by atoms with Crippen molar-refractivity contribution in [3.8, 4) is 0 Å².